The standard InChI is InChI=1S/C40H63NO5/c1-11-22-46-34(45)40-19-14-26(25(2)3)33(40)27-12-13-29-37(8)17-16-30(41-31(42)23-35(4,5)24-32(43)44)36(6,7)28(37)15-18-39(29,10)38(27,9)20-21-40/h11,26-30,33H,1-2,12-24H2,3-10H3,(H,41,42)(H,43,44)/t26-,27+,28-,29+,30-,33+,37-,38+,39+,40-/m0/s1. The molecule has 0 radical (unpaired) electrons. The van der Waals surface area contributed by atoms with Crippen molar-refractivity contribution in [3.05, 3.63) is 24.8 Å². The minimum Gasteiger partial charge on any atom is -0.481 e. The van der Waals surface area contributed by atoms with E-state index in [-0.39, 0.29) is 64.9 Å². The molecule has 0 bridgehead atoms. The topological polar surface area (TPSA) is 92.7 Å². The molecule has 1 amide bonds. The first-order valence-corrected chi connectivity index (χ1v) is 18.2. The second kappa shape index (κ2) is 11.8. The fraction of sp³-hybridized carbons (Fsp3) is 0.825. The van der Waals surface area contributed by atoms with Gasteiger partial charge >= 0.3 is 11.9 Å². The van der Waals surface area contributed by atoms with E-state index in [1.807, 2.05) is 13.8 Å². The average molecular weight is 638 g/mol. The predicted octanol–water partition coefficient (Wildman–Crippen LogP) is 8.75. The molecule has 0 aromatic carbocycles. The Morgan fingerprint density at radius 2 is 1.59 bits per heavy atom. The van der Waals surface area contributed by atoms with Crippen molar-refractivity contribution in [2.75, 3.05) is 6.61 Å². The Morgan fingerprint density at radius 1 is 0.891 bits per heavy atom. The van der Waals surface area contributed by atoms with Gasteiger partial charge in [-0.05, 0) is 128 Å². The Balaban J connectivity index is 1.40. The molecule has 6 heteroatoms. The summed E-state index contributed by atoms with van der Waals surface area (Å²) in [7, 11) is 0. The van der Waals surface area contributed by atoms with Crippen LogP contribution in [0.2, 0.25) is 0 Å². The van der Waals surface area contributed by atoms with E-state index in [4.69, 9.17) is 4.74 Å². The molecular weight excluding hydrogens is 574 g/mol. The molecule has 5 aliphatic rings. The van der Waals surface area contributed by atoms with Crippen LogP contribution < -0.4 is 5.32 Å². The number of hydrogen-bond donors (Lipinski definition) is 2. The molecule has 0 aliphatic heterocycles. The van der Waals surface area contributed by atoms with Gasteiger partial charge in [0.25, 0.3) is 0 Å². The maximum atomic E-state index is 13.9. The van der Waals surface area contributed by atoms with Crippen LogP contribution in [0.3, 0.4) is 0 Å². The molecular formula is C40H63NO5. The van der Waals surface area contributed by atoms with Crippen LogP contribution in [0.15, 0.2) is 24.8 Å². The highest BCUT2D eigenvalue weighted by Crippen LogP contribution is 2.77. The third-order valence-corrected chi connectivity index (χ3v) is 15.4. The molecule has 0 spiro atoms. The summed E-state index contributed by atoms with van der Waals surface area (Å²) in [5.74, 6) is 1.33. The highest BCUT2D eigenvalue weighted by molar-refractivity contribution is 5.79. The lowest BCUT2D eigenvalue weighted by Gasteiger charge is -2.73. The Labute approximate surface area is 279 Å². The second-order valence-electron chi connectivity index (χ2n) is 18.6. The molecule has 2 N–H and O–H groups in total. The van der Waals surface area contributed by atoms with Crippen LogP contribution in [-0.4, -0.2) is 35.6 Å². The highest BCUT2D eigenvalue weighted by atomic mass is 16.5. The van der Waals surface area contributed by atoms with Crippen LogP contribution in [0.5, 0.6) is 0 Å². The predicted molar refractivity (Wildman–Crippen MR) is 183 cm³/mol. The fourth-order valence-corrected chi connectivity index (χ4v) is 13.2. The maximum absolute atomic E-state index is 13.9. The third-order valence-electron chi connectivity index (χ3n) is 15.4. The molecule has 0 unspecified atom stereocenters. The van der Waals surface area contributed by atoms with Crippen molar-refractivity contribution in [1.82, 2.24) is 5.32 Å². The number of allylic oxidation sites excluding steroid dienone is 1. The number of carboxylic acids is 1. The van der Waals surface area contributed by atoms with Crippen LogP contribution in [-0.2, 0) is 19.1 Å². The largest absolute Gasteiger partial charge is 0.481 e. The molecule has 0 saturated heterocycles. The molecule has 0 heterocycles. The summed E-state index contributed by atoms with van der Waals surface area (Å²) in [6, 6.07) is 0.0849. The lowest BCUT2D eigenvalue weighted by atomic mass is 9.32. The SMILES string of the molecule is C=CCOC(=O)[C@]12CC[C@@H](C(=C)C)[C@@H]1[C@H]1CC[C@@H]3[C@@]4(C)CC[C@H](NC(=O)CC(C)(C)CC(=O)O)C(C)(C)[C@@H]4CC[C@@]3(C)[C@]1(C)CC2. The van der Waals surface area contributed by atoms with Gasteiger partial charge < -0.3 is 15.2 Å². The van der Waals surface area contributed by atoms with E-state index in [9.17, 15) is 19.5 Å². The van der Waals surface area contributed by atoms with Crippen molar-refractivity contribution in [1.29, 1.82) is 0 Å². The molecule has 10 atom stereocenters. The molecule has 5 saturated carbocycles. The highest BCUT2D eigenvalue weighted by Gasteiger charge is 2.72. The number of fused-ring (bicyclic) bond motifs is 7. The molecule has 258 valence electrons. The van der Waals surface area contributed by atoms with Crippen molar-refractivity contribution in [2.24, 2.45) is 62.1 Å². The van der Waals surface area contributed by atoms with Gasteiger partial charge in [0.15, 0.2) is 0 Å². The van der Waals surface area contributed by atoms with Gasteiger partial charge in [-0.25, -0.2) is 0 Å². The molecule has 5 fully saturated rings. The number of carboxylic acid groups (broad SMARTS) is 1. The van der Waals surface area contributed by atoms with Gasteiger partial charge in [0, 0.05) is 12.5 Å². The first-order chi connectivity index (χ1) is 21.3. The van der Waals surface area contributed by atoms with E-state index >= 15 is 0 Å². The summed E-state index contributed by atoms with van der Waals surface area (Å²) in [5.41, 5.74) is 0.670. The minimum atomic E-state index is -0.861. The minimum absolute atomic E-state index is 0.000358. The molecule has 5 aliphatic carbocycles. The average Bonchev–Trinajstić information content (AvgIpc) is 3.34. The summed E-state index contributed by atoms with van der Waals surface area (Å²) in [4.78, 5) is 38.5. The Hall–Kier alpha value is -2.11. The van der Waals surface area contributed by atoms with Gasteiger partial charge in [-0.2, -0.15) is 0 Å². The Morgan fingerprint density at radius 3 is 2.22 bits per heavy atom. The number of hydrogen-bond acceptors (Lipinski definition) is 4. The van der Waals surface area contributed by atoms with Crippen molar-refractivity contribution in [3.63, 3.8) is 0 Å². The van der Waals surface area contributed by atoms with E-state index in [0.29, 0.717) is 23.7 Å². The molecule has 6 nitrogen and oxygen atoms in total. The first-order valence-electron chi connectivity index (χ1n) is 18.2. The van der Waals surface area contributed by atoms with E-state index in [2.05, 4.69) is 60.0 Å². The molecule has 5 rings (SSSR count). The number of aliphatic carboxylic acids is 1. The van der Waals surface area contributed by atoms with Gasteiger partial charge in [0.05, 0.1) is 11.8 Å². The van der Waals surface area contributed by atoms with Crippen LogP contribution in [0, 0.1) is 62.1 Å². The quantitative estimate of drug-likeness (QED) is 0.195. The lowest BCUT2D eigenvalue weighted by Crippen LogP contribution is -2.68. The second-order valence-corrected chi connectivity index (χ2v) is 18.6. The number of ether oxygens (including phenoxy) is 1. The number of nitrogens with one attached hydrogen (secondary N) is 1. The van der Waals surface area contributed by atoms with Crippen molar-refractivity contribution >= 4 is 17.8 Å². The smallest absolute Gasteiger partial charge is 0.312 e. The van der Waals surface area contributed by atoms with Crippen LogP contribution >= 0.6 is 0 Å². The summed E-state index contributed by atoms with van der Waals surface area (Å²) in [6.45, 7) is 27.0. The number of carbonyl (C=O) groups is 3. The van der Waals surface area contributed by atoms with Gasteiger partial charge in [-0.3, -0.25) is 14.4 Å². The lowest BCUT2D eigenvalue weighted by molar-refractivity contribution is -0.241. The number of esters is 1. The molecule has 0 aromatic rings. The summed E-state index contributed by atoms with van der Waals surface area (Å²) < 4.78 is 5.86. The third kappa shape index (κ3) is 5.31. The van der Waals surface area contributed by atoms with E-state index < -0.39 is 16.8 Å². The van der Waals surface area contributed by atoms with Gasteiger partial charge in [0.1, 0.15) is 6.61 Å². The maximum Gasteiger partial charge on any atom is 0.312 e. The zero-order valence-corrected chi connectivity index (χ0v) is 30.2. The van der Waals surface area contributed by atoms with Crippen LogP contribution in [0.4, 0.5) is 0 Å². The van der Waals surface area contributed by atoms with Crippen molar-refractivity contribution in [2.45, 2.75) is 138 Å². The summed E-state index contributed by atoms with van der Waals surface area (Å²) in [5, 5.41) is 12.7. The summed E-state index contributed by atoms with van der Waals surface area (Å²) in [6.07, 6.45) is 12.6. The van der Waals surface area contributed by atoms with E-state index in [0.717, 1.165) is 51.4 Å². The number of amides is 1. The monoisotopic (exact) mass is 637 g/mol. The fourth-order valence-electron chi connectivity index (χ4n) is 13.2. The van der Waals surface area contributed by atoms with Crippen LogP contribution in [0.1, 0.15) is 132 Å². The zero-order valence-electron chi connectivity index (χ0n) is 30.2. The first kappa shape index (κ1) is 35.2. The van der Waals surface area contributed by atoms with Crippen LogP contribution in [0.25, 0.3) is 0 Å². The van der Waals surface area contributed by atoms with E-state index in [1.54, 1.807) is 6.08 Å². The normalized spacial score (nSPS) is 42.8. The van der Waals surface area contributed by atoms with Gasteiger partial charge in [-0.15, -0.1) is 0 Å². The number of rotatable bonds is 9. The van der Waals surface area contributed by atoms with Crippen molar-refractivity contribution < 1.29 is 24.2 Å². The Bertz CT molecular complexity index is 1270. The summed E-state index contributed by atoms with van der Waals surface area (Å²) >= 11 is 0. The van der Waals surface area contributed by atoms with Gasteiger partial charge in [0.2, 0.25) is 5.91 Å². The zero-order chi connectivity index (χ0) is 34.1. The molecule has 46 heavy (non-hydrogen) atoms. The number of carbonyl (C=O) groups excluding carboxylic acids is 2. The van der Waals surface area contributed by atoms with Crippen molar-refractivity contribution in [3.8, 4) is 0 Å². The Kier molecular flexibility index (Phi) is 9.02. The molecule has 0 aromatic heterocycles. The van der Waals surface area contributed by atoms with E-state index in [1.165, 1.54) is 18.4 Å². The van der Waals surface area contributed by atoms with Gasteiger partial charge in [-0.1, -0.05) is 73.3 Å².